The average Bonchev–Trinajstić information content (AvgIpc) is 3.10. The van der Waals surface area contributed by atoms with Crippen molar-refractivity contribution in [2.45, 2.75) is 32.1 Å². The molecule has 0 atom stereocenters. The van der Waals surface area contributed by atoms with Gasteiger partial charge in [0.05, 0.1) is 19.1 Å². The van der Waals surface area contributed by atoms with Crippen molar-refractivity contribution in [3.63, 3.8) is 0 Å². The van der Waals surface area contributed by atoms with Crippen LogP contribution in [0.25, 0.3) is 6.08 Å². The molecule has 0 N–H and O–H groups in total. The highest BCUT2D eigenvalue weighted by Crippen LogP contribution is 2.35. The van der Waals surface area contributed by atoms with Crippen LogP contribution in [0.3, 0.4) is 0 Å². The summed E-state index contributed by atoms with van der Waals surface area (Å²) in [5.74, 6) is 0.403. The van der Waals surface area contributed by atoms with Gasteiger partial charge in [-0.15, -0.1) is 0 Å². The molecule has 2 aliphatic heterocycles. The van der Waals surface area contributed by atoms with Crippen molar-refractivity contribution in [3.8, 4) is 11.5 Å². The van der Waals surface area contributed by atoms with Crippen LogP contribution in [0.4, 0.5) is 0 Å². The molecule has 0 bridgehead atoms. The summed E-state index contributed by atoms with van der Waals surface area (Å²) < 4.78 is 16.2. The van der Waals surface area contributed by atoms with Crippen LogP contribution in [-0.4, -0.2) is 72.4 Å². The summed E-state index contributed by atoms with van der Waals surface area (Å²) in [5.41, 5.74) is 0.747. The number of rotatable bonds is 9. The maximum atomic E-state index is 12.7. The van der Waals surface area contributed by atoms with Gasteiger partial charge in [0.15, 0.2) is 18.1 Å². The normalized spacial score (nSPS) is 17.5. The predicted octanol–water partition coefficient (Wildman–Crippen LogP) is 3.24. The number of nitrogens with zero attached hydrogens (tertiary/aromatic N) is 2. The Hall–Kier alpha value is -2.59. The lowest BCUT2D eigenvalue weighted by Crippen LogP contribution is -2.38. The average molecular weight is 493 g/mol. The van der Waals surface area contributed by atoms with E-state index in [4.69, 9.17) is 21.7 Å². The van der Waals surface area contributed by atoms with E-state index in [1.807, 2.05) is 4.90 Å². The number of methoxy groups -OCH3 is 2. The Morgan fingerprint density at radius 3 is 2.61 bits per heavy atom. The molecule has 2 fully saturated rings. The van der Waals surface area contributed by atoms with Crippen LogP contribution in [0, 0.1) is 0 Å². The maximum absolute atomic E-state index is 12.7. The second kappa shape index (κ2) is 12.0. The third-order valence-electron chi connectivity index (χ3n) is 5.41. The van der Waals surface area contributed by atoms with E-state index in [1.165, 1.54) is 30.9 Å². The Morgan fingerprint density at radius 2 is 1.91 bits per heavy atom. The predicted molar refractivity (Wildman–Crippen MR) is 130 cm³/mol. The molecule has 0 saturated carbocycles. The molecular weight excluding hydrogens is 464 g/mol. The molecule has 3 rings (SSSR count). The second-order valence-electron chi connectivity index (χ2n) is 7.65. The third-order valence-corrected chi connectivity index (χ3v) is 6.79. The van der Waals surface area contributed by atoms with Crippen molar-refractivity contribution in [2.24, 2.45) is 0 Å². The van der Waals surface area contributed by atoms with Crippen molar-refractivity contribution in [1.82, 2.24) is 9.80 Å². The molecule has 10 heteroatoms. The van der Waals surface area contributed by atoms with Gasteiger partial charge in [-0.05, 0) is 49.5 Å². The van der Waals surface area contributed by atoms with E-state index in [0.29, 0.717) is 33.7 Å². The minimum atomic E-state index is -0.317. The van der Waals surface area contributed by atoms with Crippen LogP contribution in [0.1, 0.15) is 37.7 Å². The van der Waals surface area contributed by atoms with Gasteiger partial charge in [0.2, 0.25) is 0 Å². The van der Waals surface area contributed by atoms with Crippen molar-refractivity contribution < 1.29 is 28.6 Å². The number of hydrogen-bond donors (Lipinski definition) is 0. The third kappa shape index (κ3) is 6.70. The van der Waals surface area contributed by atoms with Crippen LogP contribution in [0.2, 0.25) is 0 Å². The van der Waals surface area contributed by atoms with Gasteiger partial charge in [0.1, 0.15) is 4.32 Å². The topological polar surface area (TPSA) is 85.4 Å². The van der Waals surface area contributed by atoms with E-state index >= 15 is 0 Å². The molecule has 0 unspecified atom stereocenters. The van der Waals surface area contributed by atoms with Crippen molar-refractivity contribution in [3.05, 3.63) is 28.7 Å². The first-order chi connectivity index (χ1) is 15.9. The van der Waals surface area contributed by atoms with Gasteiger partial charge in [-0.1, -0.05) is 30.0 Å². The largest absolute Gasteiger partial charge is 0.493 e. The van der Waals surface area contributed by atoms with Gasteiger partial charge in [-0.3, -0.25) is 19.3 Å². The summed E-state index contributed by atoms with van der Waals surface area (Å²) in [4.78, 5) is 40.2. The van der Waals surface area contributed by atoms with Crippen molar-refractivity contribution >= 4 is 52.2 Å². The van der Waals surface area contributed by atoms with Crippen LogP contribution >= 0.6 is 24.0 Å². The summed E-state index contributed by atoms with van der Waals surface area (Å²) in [5, 5.41) is 0. The Bertz CT molecular complexity index is 943. The van der Waals surface area contributed by atoms with Crippen LogP contribution in [0.15, 0.2) is 23.1 Å². The SMILES string of the molecule is COC(=O)CCCN1C(=O)/C(=C\c2ccc(OCC(=O)N3CCCCC3)c(OC)c2)SC1=S. The fourth-order valence-electron chi connectivity index (χ4n) is 3.60. The number of ether oxygens (including phenoxy) is 3. The lowest BCUT2D eigenvalue weighted by Gasteiger charge is -2.26. The minimum Gasteiger partial charge on any atom is -0.493 e. The summed E-state index contributed by atoms with van der Waals surface area (Å²) >= 11 is 6.55. The summed E-state index contributed by atoms with van der Waals surface area (Å²) in [6.07, 6.45) is 5.66. The molecule has 2 aliphatic rings. The number of thiocarbonyl (C=S) groups is 1. The van der Waals surface area contributed by atoms with E-state index in [0.717, 1.165) is 37.9 Å². The Labute approximate surface area is 203 Å². The monoisotopic (exact) mass is 492 g/mol. The number of carbonyl (C=O) groups is 3. The molecule has 33 heavy (non-hydrogen) atoms. The van der Waals surface area contributed by atoms with Gasteiger partial charge < -0.3 is 19.1 Å². The van der Waals surface area contributed by atoms with E-state index in [2.05, 4.69) is 4.74 Å². The van der Waals surface area contributed by atoms with E-state index in [-0.39, 0.29) is 30.8 Å². The number of benzene rings is 1. The van der Waals surface area contributed by atoms with Gasteiger partial charge in [-0.2, -0.15) is 0 Å². The lowest BCUT2D eigenvalue weighted by atomic mass is 10.1. The number of hydrogen-bond acceptors (Lipinski definition) is 8. The summed E-state index contributed by atoms with van der Waals surface area (Å²) in [6.45, 7) is 1.87. The van der Waals surface area contributed by atoms with Gasteiger partial charge in [-0.25, -0.2) is 0 Å². The number of carbonyl (C=O) groups excluding carboxylic acids is 3. The fourth-order valence-corrected chi connectivity index (χ4v) is 4.90. The molecule has 0 aromatic heterocycles. The zero-order valence-corrected chi connectivity index (χ0v) is 20.5. The molecular formula is C23H28N2O6S2. The Kier molecular flexibility index (Phi) is 9.13. The standard InChI is InChI=1S/C23H28N2O6S2/c1-29-18-13-16(8-9-17(18)31-15-20(26)24-10-4-3-5-11-24)14-19-22(28)25(23(32)33-19)12-6-7-21(27)30-2/h8-9,13-14H,3-7,10-12,15H2,1-2H3/b19-14+. The molecule has 2 saturated heterocycles. The summed E-state index contributed by atoms with van der Waals surface area (Å²) in [7, 11) is 2.86. The molecule has 178 valence electrons. The van der Waals surface area contributed by atoms with Crippen LogP contribution < -0.4 is 9.47 Å². The molecule has 0 aliphatic carbocycles. The lowest BCUT2D eigenvalue weighted by molar-refractivity contribution is -0.141. The minimum absolute atomic E-state index is 0.0308. The second-order valence-corrected chi connectivity index (χ2v) is 9.33. The first kappa shape index (κ1) is 25.0. The van der Waals surface area contributed by atoms with E-state index < -0.39 is 0 Å². The molecule has 2 heterocycles. The Balaban J connectivity index is 1.62. The molecule has 1 aromatic rings. The highest BCUT2D eigenvalue weighted by Gasteiger charge is 2.31. The van der Waals surface area contributed by atoms with Gasteiger partial charge in [0, 0.05) is 26.1 Å². The number of piperidine rings is 1. The maximum Gasteiger partial charge on any atom is 0.305 e. The molecule has 8 nitrogen and oxygen atoms in total. The first-order valence-corrected chi connectivity index (χ1v) is 12.1. The number of thioether (sulfide) groups is 1. The highest BCUT2D eigenvalue weighted by atomic mass is 32.2. The fraction of sp³-hybridized carbons (Fsp3) is 0.478. The molecule has 1 aromatic carbocycles. The number of likely N-dealkylation sites (tertiary alicyclic amines) is 1. The highest BCUT2D eigenvalue weighted by molar-refractivity contribution is 8.26. The molecule has 2 amide bonds. The zero-order valence-electron chi connectivity index (χ0n) is 18.8. The summed E-state index contributed by atoms with van der Waals surface area (Å²) in [6, 6.07) is 5.28. The number of amides is 2. The smallest absolute Gasteiger partial charge is 0.305 e. The Morgan fingerprint density at radius 1 is 1.15 bits per heavy atom. The van der Waals surface area contributed by atoms with Gasteiger partial charge >= 0.3 is 5.97 Å². The molecule has 0 spiro atoms. The van der Waals surface area contributed by atoms with Crippen LogP contribution in [-0.2, 0) is 19.1 Å². The zero-order chi connectivity index (χ0) is 23.8. The van der Waals surface area contributed by atoms with Gasteiger partial charge in [0.25, 0.3) is 11.8 Å². The first-order valence-electron chi connectivity index (χ1n) is 10.8. The van der Waals surface area contributed by atoms with E-state index in [1.54, 1.807) is 24.3 Å². The van der Waals surface area contributed by atoms with Crippen LogP contribution in [0.5, 0.6) is 11.5 Å². The quantitative estimate of drug-likeness (QED) is 0.295. The number of esters is 1. The van der Waals surface area contributed by atoms with E-state index in [9.17, 15) is 14.4 Å². The van der Waals surface area contributed by atoms with Crippen molar-refractivity contribution in [1.29, 1.82) is 0 Å². The molecule has 0 radical (unpaired) electrons. The van der Waals surface area contributed by atoms with Crippen molar-refractivity contribution in [2.75, 3.05) is 40.5 Å².